The summed E-state index contributed by atoms with van der Waals surface area (Å²) in [4.78, 5) is 12.4. The van der Waals surface area contributed by atoms with Crippen molar-refractivity contribution in [1.82, 2.24) is 0 Å². The van der Waals surface area contributed by atoms with Gasteiger partial charge in [0, 0.05) is 23.9 Å². The number of para-hydroxylation sites is 2. The van der Waals surface area contributed by atoms with Gasteiger partial charge >= 0.3 is 0 Å². The number of benzene rings is 2. The van der Waals surface area contributed by atoms with Crippen LogP contribution in [0, 0.1) is 0 Å². The zero-order valence-electron chi connectivity index (χ0n) is 12.9. The molecule has 0 atom stereocenters. The molecule has 0 bridgehead atoms. The number of carbonyl (C=O) groups excluding carboxylic acids is 1. The Morgan fingerprint density at radius 3 is 2.50 bits per heavy atom. The van der Waals surface area contributed by atoms with Gasteiger partial charge in [-0.25, -0.2) is 0 Å². The van der Waals surface area contributed by atoms with Gasteiger partial charge in [0.15, 0.2) is 17.3 Å². The average molecular weight is 297 g/mol. The van der Waals surface area contributed by atoms with Crippen molar-refractivity contribution in [3.05, 3.63) is 59.7 Å². The van der Waals surface area contributed by atoms with Crippen LogP contribution >= 0.6 is 0 Å². The molecule has 0 amide bonds. The van der Waals surface area contributed by atoms with Gasteiger partial charge in [0.05, 0.1) is 14.2 Å². The fourth-order valence-electron chi connectivity index (χ4n) is 2.21. The summed E-state index contributed by atoms with van der Waals surface area (Å²) < 4.78 is 10.6. The number of rotatable bonds is 6. The number of hydrogen-bond donors (Lipinski definition) is 1. The smallest absolute Gasteiger partial charge is 0.187 e. The molecule has 114 valence electrons. The van der Waals surface area contributed by atoms with Crippen LogP contribution in [0.4, 0.5) is 5.69 Å². The van der Waals surface area contributed by atoms with Crippen molar-refractivity contribution in [1.29, 1.82) is 0 Å². The van der Waals surface area contributed by atoms with E-state index in [0.29, 0.717) is 17.1 Å². The van der Waals surface area contributed by atoms with Crippen molar-refractivity contribution >= 4 is 17.5 Å². The molecular formula is C18H19NO3. The Labute approximate surface area is 130 Å². The van der Waals surface area contributed by atoms with Crippen molar-refractivity contribution in [2.45, 2.75) is 0 Å². The molecule has 0 aliphatic heterocycles. The van der Waals surface area contributed by atoms with E-state index < -0.39 is 0 Å². The van der Waals surface area contributed by atoms with E-state index in [2.05, 4.69) is 5.32 Å². The van der Waals surface area contributed by atoms with E-state index >= 15 is 0 Å². The lowest BCUT2D eigenvalue weighted by Gasteiger charge is -2.10. The summed E-state index contributed by atoms with van der Waals surface area (Å²) >= 11 is 0. The molecule has 1 N–H and O–H groups in total. The molecule has 0 saturated carbocycles. The van der Waals surface area contributed by atoms with Gasteiger partial charge in [-0.2, -0.15) is 0 Å². The minimum Gasteiger partial charge on any atom is -0.493 e. The predicted octanol–water partition coefficient (Wildman–Crippen LogP) is 3.64. The van der Waals surface area contributed by atoms with Crippen LogP contribution in [-0.2, 0) is 0 Å². The van der Waals surface area contributed by atoms with Gasteiger partial charge in [-0.3, -0.25) is 4.79 Å². The first-order valence-electron chi connectivity index (χ1n) is 6.91. The lowest BCUT2D eigenvalue weighted by atomic mass is 10.1. The Morgan fingerprint density at radius 2 is 1.82 bits per heavy atom. The number of carbonyl (C=O) groups is 1. The molecule has 2 aromatic carbocycles. The second kappa shape index (κ2) is 7.31. The highest BCUT2D eigenvalue weighted by Crippen LogP contribution is 2.31. The number of nitrogens with one attached hydrogen (secondary N) is 1. The van der Waals surface area contributed by atoms with Gasteiger partial charge < -0.3 is 14.8 Å². The summed E-state index contributed by atoms with van der Waals surface area (Å²) in [5, 5.41) is 3.02. The lowest BCUT2D eigenvalue weighted by molar-refractivity contribution is 0.104. The van der Waals surface area contributed by atoms with E-state index in [9.17, 15) is 4.79 Å². The fourth-order valence-corrected chi connectivity index (χ4v) is 2.21. The highest BCUT2D eigenvalue weighted by Gasteiger charge is 2.09. The molecule has 4 heteroatoms. The molecule has 2 rings (SSSR count). The molecule has 0 aromatic heterocycles. The van der Waals surface area contributed by atoms with Crippen molar-refractivity contribution in [3.8, 4) is 11.5 Å². The van der Waals surface area contributed by atoms with E-state index in [4.69, 9.17) is 9.47 Å². The first-order chi connectivity index (χ1) is 10.7. The van der Waals surface area contributed by atoms with Gasteiger partial charge in [-0.05, 0) is 30.4 Å². The highest BCUT2D eigenvalue weighted by molar-refractivity contribution is 6.10. The maximum absolute atomic E-state index is 12.4. The van der Waals surface area contributed by atoms with Gasteiger partial charge in [-0.1, -0.05) is 24.3 Å². The minimum atomic E-state index is -0.0742. The fraction of sp³-hybridized carbons (Fsp3) is 0.167. The standard InChI is InChI=1S/C18H19NO3/c1-19-15-9-5-4-8-14(15)16(20)12-11-13-7-6-10-17(21-2)18(13)22-3/h4-12,19H,1-3H3. The van der Waals surface area contributed by atoms with Crippen LogP contribution in [0.5, 0.6) is 11.5 Å². The monoisotopic (exact) mass is 297 g/mol. The summed E-state index contributed by atoms with van der Waals surface area (Å²) in [6.45, 7) is 0. The average Bonchev–Trinajstić information content (AvgIpc) is 2.58. The zero-order chi connectivity index (χ0) is 15.9. The van der Waals surface area contributed by atoms with Crippen LogP contribution in [0.3, 0.4) is 0 Å². The van der Waals surface area contributed by atoms with Gasteiger partial charge in [0.25, 0.3) is 0 Å². The summed E-state index contributed by atoms with van der Waals surface area (Å²) in [6.07, 6.45) is 3.27. The SMILES string of the molecule is CNc1ccccc1C(=O)C=Cc1cccc(OC)c1OC. The second-order valence-corrected chi connectivity index (χ2v) is 4.58. The third kappa shape index (κ3) is 3.28. The van der Waals surface area contributed by atoms with Crippen LogP contribution in [0.15, 0.2) is 48.5 Å². The predicted molar refractivity (Wildman–Crippen MR) is 88.9 cm³/mol. The van der Waals surface area contributed by atoms with Crippen molar-refractivity contribution in [3.63, 3.8) is 0 Å². The van der Waals surface area contributed by atoms with Gasteiger partial charge in [0.1, 0.15) is 0 Å². The molecule has 0 saturated heterocycles. The largest absolute Gasteiger partial charge is 0.493 e. The Hall–Kier alpha value is -2.75. The number of anilines is 1. The molecule has 0 unspecified atom stereocenters. The molecule has 4 nitrogen and oxygen atoms in total. The molecule has 0 aliphatic rings. The van der Waals surface area contributed by atoms with Gasteiger partial charge in [-0.15, -0.1) is 0 Å². The van der Waals surface area contributed by atoms with Crippen molar-refractivity contribution in [2.75, 3.05) is 26.6 Å². The van der Waals surface area contributed by atoms with E-state index in [0.717, 1.165) is 11.3 Å². The number of ketones is 1. The quantitative estimate of drug-likeness (QED) is 0.653. The summed E-state index contributed by atoms with van der Waals surface area (Å²) in [5.41, 5.74) is 2.22. The molecular weight excluding hydrogens is 278 g/mol. The Morgan fingerprint density at radius 1 is 1.05 bits per heavy atom. The number of ether oxygens (including phenoxy) is 2. The van der Waals surface area contributed by atoms with Gasteiger partial charge in [0.2, 0.25) is 0 Å². The lowest BCUT2D eigenvalue weighted by Crippen LogP contribution is -2.00. The van der Waals surface area contributed by atoms with E-state index in [1.165, 1.54) is 6.08 Å². The van der Waals surface area contributed by atoms with Crippen LogP contribution in [0.25, 0.3) is 6.08 Å². The van der Waals surface area contributed by atoms with Crippen LogP contribution in [0.2, 0.25) is 0 Å². The normalized spacial score (nSPS) is 10.5. The maximum atomic E-state index is 12.4. The Bertz CT molecular complexity index is 692. The van der Waals surface area contributed by atoms with Crippen LogP contribution < -0.4 is 14.8 Å². The van der Waals surface area contributed by atoms with E-state index in [1.807, 2.05) is 36.4 Å². The molecule has 0 spiro atoms. The third-order valence-electron chi connectivity index (χ3n) is 3.31. The minimum absolute atomic E-state index is 0.0742. The zero-order valence-corrected chi connectivity index (χ0v) is 12.9. The maximum Gasteiger partial charge on any atom is 0.187 e. The Kier molecular flexibility index (Phi) is 5.20. The number of hydrogen-bond acceptors (Lipinski definition) is 4. The first kappa shape index (κ1) is 15.6. The summed E-state index contributed by atoms with van der Waals surface area (Å²) in [7, 11) is 4.95. The van der Waals surface area contributed by atoms with E-state index in [-0.39, 0.29) is 5.78 Å². The van der Waals surface area contributed by atoms with Crippen LogP contribution in [0.1, 0.15) is 15.9 Å². The van der Waals surface area contributed by atoms with Crippen LogP contribution in [-0.4, -0.2) is 27.1 Å². The number of methoxy groups -OCH3 is 2. The van der Waals surface area contributed by atoms with E-state index in [1.54, 1.807) is 33.4 Å². The third-order valence-corrected chi connectivity index (χ3v) is 3.31. The topological polar surface area (TPSA) is 47.6 Å². The first-order valence-corrected chi connectivity index (χ1v) is 6.91. The van der Waals surface area contributed by atoms with Crippen molar-refractivity contribution < 1.29 is 14.3 Å². The molecule has 0 heterocycles. The number of allylic oxidation sites excluding steroid dienone is 1. The van der Waals surface area contributed by atoms with Crippen molar-refractivity contribution in [2.24, 2.45) is 0 Å². The molecule has 2 aromatic rings. The molecule has 22 heavy (non-hydrogen) atoms. The molecule has 0 fully saturated rings. The Balaban J connectivity index is 2.31. The summed E-state index contributed by atoms with van der Waals surface area (Å²) in [6, 6.07) is 12.9. The second-order valence-electron chi connectivity index (χ2n) is 4.58. The molecule has 0 radical (unpaired) electrons. The molecule has 0 aliphatic carbocycles. The highest BCUT2D eigenvalue weighted by atomic mass is 16.5. The summed E-state index contributed by atoms with van der Waals surface area (Å²) in [5.74, 6) is 1.17.